The lowest BCUT2D eigenvalue weighted by atomic mass is 10.3. The number of thiazole rings is 1. The average Bonchev–Trinajstić information content (AvgIpc) is 2.87. The van der Waals surface area contributed by atoms with Crippen molar-refractivity contribution in [2.75, 3.05) is 0 Å². The maximum absolute atomic E-state index is 11.5. The van der Waals surface area contributed by atoms with E-state index in [9.17, 15) is 4.79 Å². The molecule has 3 nitrogen and oxygen atoms in total. The van der Waals surface area contributed by atoms with Crippen molar-refractivity contribution in [2.24, 2.45) is 0 Å². The van der Waals surface area contributed by atoms with Gasteiger partial charge in [-0.3, -0.25) is 9.20 Å². The van der Waals surface area contributed by atoms with E-state index in [1.54, 1.807) is 21.9 Å². The van der Waals surface area contributed by atoms with Gasteiger partial charge in [0.15, 0.2) is 4.96 Å². The van der Waals surface area contributed by atoms with E-state index in [-0.39, 0.29) is 5.56 Å². The highest BCUT2D eigenvalue weighted by atomic mass is 32.1. The van der Waals surface area contributed by atoms with Crippen LogP contribution in [-0.4, -0.2) is 9.38 Å². The molecule has 2 aromatic rings. The molecule has 0 atom stereocenters. The molecule has 0 saturated heterocycles. The van der Waals surface area contributed by atoms with Crippen LogP contribution in [0.5, 0.6) is 0 Å². The lowest BCUT2D eigenvalue weighted by Crippen LogP contribution is -2.13. The van der Waals surface area contributed by atoms with E-state index in [1.807, 2.05) is 0 Å². The van der Waals surface area contributed by atoms with Crippen LogP contribution >= 0.6 is 11.3 Å². The van der Waals surface area contributed by atoms with Crippen molar-refractivity contribution in [1.29, 1.82) is 0 Å². The van der Waals surface area contributed by atoms with E-state index in [0.717, 1.165) is 10.7 Å². The average molecular weight is 192 g/mol. The number of hydrogen-bond donors (Lipinski definition) is 0. The van der Waals surface area contributed by atoms with E-state index in [0.29, 0.717) is 5.92 Å². The Hall–Kier alpha value is -1.16. The molecule has 1 aliphatic carbocycles. The van der Waals surface area contributed by atoms with Gasteiger partial charge in [-0.25, -0.2) is 4.98 Å². The molecule has 2 heterocycles. The topological polar surface area (TPSA) is 34.4 Å². The third-order valence-corrected chi connectivity index (χ3v) is 3.21. The lowest BCUT2D eigenvalue weighted by molar-refractivity contribution is 0.938. The van der Waals surface area contributed by atoms with E-state index >= 15 is 0 Å². The number of nitrogens with zero attached hydrogens (tertiary/aromatic N) is 2. The summed E-state index contributed by atoms with van der Waals surface area (Å²) in [7, 11) is 0. The Kier molecular flexibility index (Phi) is 1.35. The van der Waals surface area contributed by atoms with Crippen LogP contribution in [0.15, 0.2) is 22.4 Å². The zero-order chi connectivity index (χ0) is 8.84. The standard InChI is InChI=1S/C9H8N2OS/c12-8-3-4-10-9-11(8)7(5-13-9)6-1-2-6/h3-6H,1-2H2. The minimum atomic E-state index is 0.0492. The summed E-state index contributed by atoms with van der Waals surface area (Å²) in [6.45, 7) is 0. The zero-order valence-corrected chi connectivity index (χ0v) is 7.75. The first-order chi connectivity index (χ1) is 6.36. The van der Waals surface area contributed by atoms with Gasteiger partial charge in [-0.05, 0) is 12.8 Å². The SMILES string of the molecule is O=c1ccnc2scc(C3CC3)n12. The lowest BCUT2D eigenvalue weighted by Gasteiger charge is -1.95. The van der Waals surface area contributed by atoms with Gasteiger partial charge in [0.2, 0.25) is 0 Å². The molecule has 0 unspecified atom stereocenters. The van der Waals surface area contributed by atoms with Crippen molar-refractivity contribution >= 4 is 16.3 Å². The van der Waals surface area contributed by atoms with E-state index in [1.165, 1.54) is 18.9 Å². The van der Waals surface area contributed by atoms with Crippen LogP contribution in [0.25, 0.3) is 4.96 Å². The van der Waals surface area contributed by atoms with Gasteiger partial charge >= 0.3 is 0 Å². The minimum Gasteiger partial charge on any atom is -0.269 e. The molecule has 2 aromatic heterocycles. The van der Waals surface area contributed by atoms with Gasteiger partial charge in [-0.15, -0.1) is 11.3 Å². The van der Waals surface area contributed by atoms with E-state index in [2.05, 4.69) is 10.4 Å². The smallest absolute Gasteiger partial charge is 0.258 e. The highest BCUT2D eigenvalue weighted by Gasteiger charge is 2.27. The van der Waals surface area contributed by atoms with E-state index in [4.69, 9.17) is 0 Å². The van der Waals surface area contributed by atoms with Gasteiger partial charge in [0.25, 0.3) is 5.56 Å². The molecule has 0 radical (unpaired) electrons. The molecule has 0 aliphatic heterocycles. The summed E-state index contributed by atoms with van der Waals surface area (Å²) < 4.78 is 1.74. The first-order valence-corrected chi connectivity index (χ1v) is 5.19. The Morgan fingerprint density at radius 3 is 3.15 bits per heavy atom. The summed E-state index contributed by atoms with van der Waals surface area (Å²) >= 11 is 1.55. The monoisotopic (exact) mass is 192 g/mol. The molecule has 4 heteroatoms. The van der Waals surface area contributed by atoms with Gasteiger partial charge in [0, 0.05) is 29.3 Å². The van der Waals surface area contributed by atoms with Crippen molar-refractivity contribution in [2.45, 2.75) is 18.8 Å². The molecule has 1 aliphatic rings. The fourth-order valence-corrected chi connectivity index (χ4v) is 2.48. The normalized spacial score (nSPS) is 16.6. The Bertz CT molecular complexity index is 510. The molecule has 3 rings (SSSR count). The number of rotatable bonds is 1. The van der Waals surface area contributed by atoms with Crippen LogP contribution in [0.1, 0.15) is 24.5 Å². The molecule has 0 spiro atoms. The predicted molar refractivity (Wildman–Crippen MR) is 51.3 cm³/mol. The van der Waals surface area contributed by atoms with Crippen molar-refractivity contribution < 1.29 is 0 Å². The van der Waals surface area contributed by atoms with Gasteiger partial charge in [0.05, 0.1) is 0 Å². The third kappa shape index (κ3) is 1.02. The van der Waals surface area contributed by atoms with Gasteiger partial charge in [-0.2, -0.15) is 0 Å². The summed E-state index contributed by atoms with van der Waals surface area (Å²) in [5.74, 6) is 0.607. The molecular weight excluding hydrogens is 184 g/mol. The molecule has 66 valence electrons. The molecule has 0 bridgehead atoms. The quantitative estimate of drug-likeness (QED) is 0.688. The van der Waals surface area contributed by atoms with Crippen molar-refractivity contribution in [3.05, 3.63) is 33.7 Å². The molecule has 1 fully saturated rings. The predicted octanol–water partition coefficient (Wildman–Crippen LogP) is 1.63. The maximum Gasteiger partial charge on any atom is 0.258 e. The minimum absolute atomic E-state index is 0.0492. The first-order valence-electron chi connectivity index (χ1n) is 4.31. The number of hydrogen-bond acceptors (Lipinski definition) is 3. The van der Waals surface area contributed by atoms with Crippen LogP contribution in [0, 0.1) is 0 Å². The fraction of sp³-hybridized carbons (Fsp3) is 0.333. The van der Waals surface area contributed by atoms with Crippen LogP contribution in [-0.2, 0) is 0 Å². The Labute approximate surface area is 78.7 Å². The highest BCUT2D eigenvalue weighted by Crippen LogP contribution is 2.40. The molecular formula is C9H8N2OS. The Balaban J connectivity index is 2.41. The summed E-state index contributed by atoms with van der Waals surface area (Å²) in [5, 5.41) is 2.06. The zero-order valence-electron chi connectivity index (χ0n) is 6.93. The van der Waals surface area contributed by atoms with Crippen LogP contribution in [0.2, 0.25) is 0 Å². The van der Waals surface area contributed by atoms with Crippen LogP contribution in [0.3, 0.4) is 0 Å². The second-order valence-corrected chi connectivity index (χ2v) is 4.17. The molecule has 0 amide bonds. The Morgan fingerprint density at radius 2 is 2.38 bits per heavy atom. The number of aromatic nitrogens is 2. The molecule has 1 saturated carbocycles. The van der Waals surface area contributed by atoms with Crippen LogP contribution in [0.4, 0.5) is 0 Å². The first kappa shape index (κ1) is 7.26. The number of fused-ring (bicyclic) bond motifs is 1. The third-order valence-electron chi connectivity index (χ3n) is 2.35. The van der Waals surface area contributed by atoms with Gasteiger partial charge in [0.1, 0.15) is 0 Å². The second kappa shape index (κ2) is 2.42. The summed E-state index contributed by atoms with van der Waals surface area (Å²) in [4.78, 5) is 16.5. The van der Waals surface area contributed by atoms with Crippen molar-refractivity contribution in [3.8, 4) is 0 Å². The van der Waals surface area contributed by atoms with Crippen molar-refractivity contribution in [3.63, 3.8) is 0 Å². The highest BCUT2D eigenvalue weighted by molar-refractivity contribution is 7.15. The fourth-order valence-electron chi connectivity index (χ4n) is 1.54. The molecule has 0 aromatic carbocycles. The van der Waals surface area contributed by atoms with Gasteiger partial charge in [-0.1, -0.05) is 0 Å². The van der Waals surface area contributed by atoms with Crippen LogP contribution < -0.4 is 5.56 Å². The summed E-state index contributed by atoms with van der Waals surface area (Å²) in [6.07, 6.45) is 4.01. The summed E-state index contributed by atoms with van der Waals surface area (Å²) in [5.41, 5.74) is 1.20. The molecule has 13 heavy (non-hydrogen) atoms. The second-order valence-electron chi connectivity index (χ2n) is 3.34. The maximum atomic E-state index is 11.5. The van der Waals surface area contributed by atoms with E-state index < -0.39 is 0 Å². The largest absolute Gasteiger partial charge is 0.269 e. The molecule has 0 N–H and O–H groups in total. The van der Waals surface area contributed by atoms with Gasteiger partial charge < -0.3 is 0 Å². The summed E-state index contributed by atoms with van der Waals surface area (Å²) in [6, 6.07) is 1.52. The Morgan fingerprint density at radius 1 is 1.54 bits per heavy atom. The van der Waals surface area contributed by atoms with Crippen molar-refractivity contribution in [1.82, 2.24) is 9.38 Å².